The highest BCUT2D eigenvalue weighted by molar-refractivity contribution is 6.05. The number of benzene rings is 2. The van der Waals surface area contributed by atoms with Crippen LogP contribution in [0.25, 0.3) is 0 Å². The smallest absolute Gasteiger partial charge is 0.325 e. The van der Waals surface area contributed by atoms with Crippen LogP contribution in [0.2, 0.25) is 0 Å². The number of hydrogen-bond acceptors (Lipinski definition) is 6. The van der Waals surface area contributed by atoms with Crippen LogP contribution in [-0.2, 0) is 14.3 Å². The van der Waals surface area contributed by atoms with Gasteiger partial charge in [0.15, 0.2) is 6.61 Å². The minimum atomic E-state index is -0.804. The summed E-state index contributed by atoms with van der Waals surface area (Å²) in [5.41, 5.74) is 0.659. The van der Waals surface area contributed by atoms with Crippen molar-refractivity contribution >= 4 is 23.7 Å². The van der Waals surface area contributed by atoms with Crippen LogP contribution in [0, 0.1) is 0 Å². The summed E-state index contributed by atoms with van der Waals surface area (Å²) in [5, 5.41) is 4.49. The molecule has 0 saturated heterocycles. The molecule has 146 valence electrons. The lowest BCUT2D eigenvalue weighted by molar-refractivity contribution is -0.147. The maximum atomic E-state index is 12.0. The molecule has 3 amide bonds. The monoisotopic (exact) mass is 384 g/mol. The fourth-order valence-electron chi connectivity index (χ4n) is 2.15. The molecule has 8 heteroatoms. The van der Waals surface area contributed by atoms with Gasteiger partial charge in [0, 0.05) is 11.1 Å². The Labute approximate surface area is 161 Å². The van der Waals surface area contributed by atoms with Crippen LogP contribution < -0.4 is 15.4 Å². The van der Waals surface area contributed by atoms with Gasteiger partial charge in [-0.2, -0.15) is 0 Å². The SMILES string of the molecule is CCOc1ccc(C(=O)NCC(=O)OCC(=O)NC(=O)c2ccccc2)cc1. The Morgan fingerprint density at radius 3 is 2.14 bits per heavy atom. The molecule has 2 aromatic carbocycles. The average molecular weight is 384 g/mol. The predicted octanol–water partition coefficient (Wildman–Crippen LogP) is 1.31. The van der Waals surface area contributed by atoms with Crippen molar-refractivity contribution in [2.75, 3.05) is 19.8 Å². The normalized spacial score (nSPS) is 9.89. The number of ether oxygens (including phenoxy) is 2. The maximum Gasteiger partial charge on any atom is 0.325 e. The van der Waals surface area contributed by atoms with E-state index in [2.05, 4.69) is 10.6 Å². The largest absolute Gasteiger partial charge is 0.494 e. The van der Waals surface area contributed by atoms with Crippen molar-refractivity contribution in [1.29, 1.82) is 0 Å². The molecule has 0 atom stereocenters. The summed E-state index contributed by atoms with van der Waals surface area (Å²) in [6.07, 6.45) is 0. The lowest BCUT2D eigenvalue weighted by Crippen LogP contribution is -2.36. The molecule has 0 aliphatic heterocycles. The van der Waals surface area contributed by atoms with E-state index in [9.17, 15) is 19.2 Å². The van der Waals surface area contributed by atoms with Gasteiger partial charge in [0.05, 0.1) is 6.61 Å². The van der Waals surface area contributed by atoms with Crippen molar-refractivity contribution in [3.05, 3.63) is 65.7 Å². The summed E-state index contributed by atoms with van der Waals surface area (Å²) in [7, 11) is 0. The van der Waals surface area contributed by atoms with Crippen molar-refractivity contribution in [3.63, 3.8) is 0 Å². The van der Waals surface area contributed by atoms with E-state index < -0.39 is 36.8 Å². The number of rotatable bonds is 8. The molecule has 0 spiro atoms. The first-order valence-electron chi connectivity index (χ1n) is 8.55. The van der Waals surface area contributed by atoms with E-state index in [0.717, 1.165) is 0 Å². The third-order valence-corrected chi connectivity index (χ3v) is 3.47. The van der Waals surface area contributed by atoms with Gasteiger partial charge in [-0.25, -0.2) is 0 Å². The number of amides is 3. The Balaban J connectivity index is 1.71. The van der Waals surface area contributed by atoms with E-state index in [1.54, 1.807) is 54.6 Å². The Kier molecular flexibility index (Phi) is 7.71. The Morgan fingerprint density at radius 1 is 0.857 bits per heavy atom. The van der Waals surface area contributed by atoms with E-state index in [-0.39, 0.29) is 0 Å². The second-order valence-electron chi connectivity index (χ2n) is 5.54. The molecule has 28 heavy (non-hydrogen) atoms. The molecule has 2 aromatic rings. The highest BCUT2D eigenvalue weighted by Gasteiger charge is 2.13. The van der Waals surface area contributed by atoms with Crippen LogP contribution in [0.3, 0.4) is 0 Å². The molecule has 0 aliphatic carbocycles. The van der Waals surface area contributed by atoms with Gasteiger partial charge in [0.2, 0.25) is 0 Å². The van der Waals surface area contributed by atoms with E-state index >= 15 is 0 Å². The zero-order valence-corrected chi connectivity index (χ0v) is 15.3. The molecule has 0 heterocycles. The van der Waals surface area contributed by atoms with Gasteiger partial charge >= 0.3 is 5.97 Å². The molecule has 0 radical (unpaired) electrons. The van der Waals surface area contributed by atoms with Gasteiger partial charge in [0.25, 0.3) is 17.7 Å². The van der Waals surface area contributed by atoms with Crippen molar-refractivity contribution in [2.45, 2.75) is 6.92 Å². The zero-order valence-electron chi connectivity index (χ0n) is 15.3. The highest BCUT2D eigenvalue weighted by atomic mass is 16.5. The van der Waals surface area contributed by atoms with Crippen molar-refractivity contribution in [3.8, 4) is 5.75 Å². The van der Waals surface area contributed by atoms with Crippen LogP contribution in [0.1, 0.15) is 27.6 Å². The minimum Gasteiger partial charge on any atom is -0.494 e. The van der Waals surface area contributed by atoms with Gasteiger partial charge in [-0.1, -0.05) is 18.2 Å². The zero-order chi connectivity index (χ0) is 20.4. The first kappa shape index (κ1) is 20.6. The molecular formula is C20H20N2O6. The number of esters is 1. The summed E-state index contributed by atoms with van der Waals surface area (Å²) in [4.78, 5) is 47.1. The second kappa shape index (κ2) is 10.5. The quantitative estimate of drug-likeness (QED) is 0.664. The molecule has 0 bridgehead atoms. The number of hydrogen-bond donors (Lipinski definition) is 2. The summed E-state index contributed by atoms with van der Waals surface area (Å²) >= 11 is 0. The highest BCUT2D eigenvalue weighted by Crippen LogP contribution is 2.11. The van der Waals surface area contributed by atoms with Gasteiger partial charge in [-0.3, -0.25) is 24.5 Å². The van der Waals surface area contributed by atoms with Crippen molar-refractivity contribution < 1.29 is 28.7 Å². The molecule has 0 saturated carbocycles. The number of nitrogens with one attached hydrogen (secondary N) is 2. The third kappa shape index (κ3) is 6.56. The summed E-state index contributed by atoms with van der Waals surface area (Å²) in [6.45, 7) is 1.33. The molecule has 0 aromatic heterocycles. The van der Waals surface area contributed by atoms with Gasteiger partial charge in [-0.15, -0.1) is 0 Å². The van der Waals surface area contributed by atoms with E-state index in [4.69, 9.17) is 9.47 Å². The van der Waals surface area contributed by atoms with Crippen LogP contribution in [0.5, 0.6) is 5.75 Å². The fourth-order valence-corrected chi connectivity index (χ4v) is 2.15. The predicted molar refractivity (Wildman–Crippen MR) is 99.8 cm³/mol. The van der Waals surface area contributed by atoms with Crippen LogP contribution in [-0.4, -0.2) is 43.4 Å². The Morgan fingerprint density at radius 2 is 1.50 bits per heavy atom. The number of carbonyl (C=O) groups excluding carboxylic acids is 4. The lowest BCUT2D eigenvalue weighted by atomic mass is 10.2. The molecular weight excluding hydrogens is 364 g/mol. The molecule has 2 rings (SSSR count). The van der Waals surface area contributed by atoms with Crippen LogP contribution in [0.15, 0.2) is 54.6 Å². The topological polar surface area (TPSA) is 111 Å². The van der Waals surface area contributed by atoms with Gasteiger partial charge in [-0.05, 0) is 43.3 Å². The Hall–Kier alpha value is -3.68. The lowest BCUT2D eigenvalue weighted by Gasteiger charge is -2.08. The summed E-state index contributed by atoms with van der Waals surface area (Å²) in [5.74, 6) is -2.00. The molecule has 0 aliphatic rings. The van der Waals surface area contributed by atoms with Crippen molar-refractivity contribution in [2.24, 2.45) is 0 Å². The summed E-state index contributed by atoms with van der Waals surface area (Å²) in [6, 6.07) is 14.6. The fraction of sp³-hybridized carbons (Fsp3) is 0.200. The third-order valence-electron chi connectivity index (χ3n) is 3.47. The summed E-state index contributed by atoms with van der Waals surface area (Å²) < 4.78 is 10.0. The first-order chi connectivity index (χ1) is 13.5. The molecule has 0 fully saturated rings. The molecule has 8 nitrogen and oxygen atoms in total. The molecule has 2 N–H and O–H groups in total. The minimum absolute atomic E-state index is 0.310. The van der Waals surface area contributed by atoms with Gasteiger partial charge < -0.3 is 14.8 Å². The number of imide groups is 1. The maximum absolute atomic E-state index is 12.0. The van der Waals surface area contributed by atoms with Crippen LogP contribution >= 0.6 is 0 Å². The molecule has 0 unspecified atom stereocenters. The van der Waals surface area contributed by atoms with Crippen molar-refractivity contribution in [1.82, 2.24) is 10.6 Å². The van der Waals surface area contributed by atoms with Gasteiger partial charge in [0.1, 0.15) is 12.3 Å². The second-order valence-corrected chi connectivity index (χ2v) is 5.54. The Bertz CT molecular complexity index is 834. The van der Waals surface area contributed by atoms with Crippen LogP contribution in [0.4, 0.5) is 0 Å². The van der Waals surface area contributed by atoms with E-state index in [0.29, 0.717) is 23.5 Å². The van der Waals surface area contributed by atoms with E-state index in [1.807, 2.05) is 6.92 Å². The number of carbonyl (C=O) groups is 4. The first-order valence-corrected chi connectivity index (χ1v) is 8.55. The van der Waals surface area contributed by atoms with E-state index in [1.165, 1.54) is 0 Å². The average Bonchev–Trinajstić information content (AvgIpc) is 2.72. The standard InChI is InChI=1S/C20H20N2O6/c1-2-27-16-10-8-15(9-11-16)19(25)21-12-18(24)28-13-17(23)22-20(26)14-6-4-3-5-7-14/h3-11H,2,12-13H2,1H3,(H,21,25)(H,22,23,26).